The van der Waals surface area contributed by atoms with E-state index in [1.54, 1.807) is 13.1 Å². The molecular formula is C28H36N2O4Si. The molecule has 0 spiro atoms. The van der Waals surface area contributed by atoms with Gasteiger partial charge in [-0.15, -0.1) is 0 Å². The van der Waals surface area contributed by atoms with Gasteiger partial charge in [0, 0.05) is 11.8 Å². The predicted octanol–water partition coefficient (Wildman–Crippen LogP) is 3.74. The highest BCUT2D eigenvalue weighted by Crippen LogP contribution is 2.39. The Morgan fingerprint density at radius 1 is 1.03 bits per heavy atom. The normalized spacial score (nSPS) is 20.8. The van der Waals surface area contributed by atoms with Crippen LogP contribution in [-0.2, 0) is 9.16 Å². The van der Waals surface area contributed by atoms with Crippen LogP contribution in [0.3, 0.4) is 0 Å². The number of hydrogen-bond donors (Lipinski definition) is 1. The third kappa shape index (κ3) is 4.85. The number of benzene rings is 2. The Morgan fingerprint density at radius 2 is 1.60 bits per heavy atom. The number of aromatic amines is 1. The standard InChI is InChI=1S/C28H36N2O4Si/c1-6-21-17-25(30-18-20(2)26(31)29-27(30)32)34-24(21)19-33-35(28(3,4)5,22-13-9-7-10-14-22)23-15-11-8-12-16-23/h7-16,18,21,24-25H,6,17,19H2,1-5H3,(H,29,31,32)/t21-,24+,25+/m0/s1. The van der Waals surface area contributed by atoms with Crippen LogP contribution in [0.1, 0.15) is 52.3 Å². The maximum atomic E-state index is 12.5. The Morgan fingerprint density at radius 3 is 2.11 bits per heavy atom. The van der Waals surface area contributed by atoms with Gasteiger partial charge in [-0.2, -0.15) is 0 Å². The van der Waals surface area contributed by atoms with E-state index in [0.29, 0.717) is 18.6 Å². The summed E-state index contributed by atoms with van der Waals surface area (Å²) < 4.78 is 15.1. The summed E-state index contributed by atoms with van der Waals surface area (Å²) in [6.45, 7) is 11.1. The molecule has 1 N–H and O–H groups in total. The third-order valence-electron chi connectivity index (χ3n) is 7.22. The number of hydrogen-bond acceptors (Lipinski definition) is 4. The fraction of sp³-hybridized carbons (Fsp3) is 0.429. The van der Waals surface area contributed by atoms with Crippen LogP contribution < -0.4 is 21.6 Å². The van der Waals surface area contributed by atoms with Crippen molar-refractivity contribution in [2.75, 3.05) is 6.61 Å². The molecule has 35 heavy (non-hydrogen) atoms. The first kappa shape index (κ1) is 25.4. The highest BCUT2D eigenvalue weighted by Gasteiger charge is 2.51. The number of ether oxygens (including phenoxy) is 1. The number of aromatic nitrogens is 2. The van der Waals surface area contributed by atoms with Gasteiger partial charge in [0.15, 0.2) is 0 Å². The molecule has 1 aliphatic rings. The van der Waals surface area contributed by atoms with Gasteiger partial charge < -0.3 is 9.16 Å². The Balaban J connectivity index is 1.68. The summed E-state index contributed by atoms with van der Waals surface area (Å²) in [4.78, 5) is 26.7. The van der Waals surface area contributed by atoms with E-state index in [4.69, 9.17) is 9.16 Å². The zero-order valence-corrected chi connectivity index (χ0v) is 22.3. The molecule has 0 bridgehead atoms. The number of nitrogens with one attached hydrogen (secondary N) is 1. The molecule has 0 radical (unpaired) electrons. The predicted molar refractivity (Wildman–Crippen MR) is 142 cm³/mol. The Labute approximate surface area is 208 Å². The van der Waals surface area contributed by atoms with Crippen molar-refractivity contribution in [3.05, 3.63) is 93.3 Å². The number of H-pyrrole nitrogens is 1. The zero-order chi connectivity index (χ0) is 25.2. The molecule has 0 saturated carbocycles. The number of nitrogens with zero attached hydrogens (tertiary/aromatic N) is 1. The van der Waals surface area contributed by atoms with Crippen LogP contribution in [0.4, 0.5) is 0 Å². The molecule has 1 fully saturated rings. The minimum atomic E-state index is -2.68. The molecule has 7 heteroatoms. The first-order chi connectivity index (χ1) is 16.7. The third-order valence-corrected chi connectivity index (χ3v) is 12.2. The fourth-order valence-electron chi connectivity index (χ4n) is 5.33. The van der Waals surface area contributed by atoms with Crippen molar-refractivity contribution in [3.8, 4) is 0 Å². The average Bonchev–Trinajstić information content (AvgIpc) is 3.25. The molecule has 0 aliphatic carbocycles. The summed E-state index contributed by atoms with van der Waals surface area (Å²) in [6, 6.07) is 21.1. The lowest BCUT2D eigenvalue weighted by Crippen LogP contribution is -2.67. The second-order valence-corrected chi connectivity index (χ2v) is 14.8. The summed E-state index contributed by atoms with van der Waals surface area (Å²) in [7, 11) is -2.68. The molecule has 3 aromatic rings. The van der Waals surface area contributed by atoms with Crippen LogP contribution in [0.15, 0.2) is 76.4 Å². The summed E-state index contributed by atoms with van der Waals surface area (Å²) in [5.74, 6) is 0.248. The second kappa shape index (κ2) is 10.1. The van der Waals surface area contributed by atoms with Crippen molar-refractivity contribution >= 4 is 18.7 Å². The molecule has 1 saturated heterocycles. The lowest BCUT2D eigenvalue weighted by atomic mass is 9.98. The fourth-order valence-corrected chi connectivity index (χ4v) is 9.90. The van der Waals surface area contributed by atoms with E-state index in [9.17, 15) is 9.59 Å². The Kier molecular flexibility index (Phi) is 7.31. The lowest BCUT2D eigenvalue weighted by molar-refractivity contribution is -0.0296. The molecule has 0 amide bonds. The minimum absolute atomic E-state index is 0.123. The van der Waals surface area contributed by atoms with Crippen LogP contribution in [0, 0.1) is 12.8 Å². The monoisotopic (exact) mass is 492 g/mol. The SMILES string of the molecule is CC[C@H]1C[C@H](n2cc(C)c(=O)[nH]c2=O)O[C@@H]1CO[Si](c1ccccc1)(c1ccccc1)C(C)(C)C. The molecule has 0 unspecified atom stereocenters. The largest absolute Gasteiger partial charge is 0.405 e. The van der Waals surface area contributed by atoms with E-state index in [-0.39, 0.29) is 22.6 Å². The van der Waals surface area contributed by atoms with E-state index in [2.05, 4.69) is 81.2 Å². The lowest BCUT2D eigenvalue weighted by Gasteiger charge is -2.43. The molecule has 186 valence electrons. The summed E-state index contributed by atoms with van der Waals surface area (Å²) in [6.07, 6.45) is 2.66. The van der Waals surface area contributed by atoms with E-state index < -0.39 is 20.2 Å². The molecule has 1 aliphatic heterocycles. The topological polar surface area (TPSA) is 73.3 Å². The quantitative estimate of drug-likeness (QED) is 0.510. The first-order valence-corrected chi connectivity index (χ1v) is 14.3. The minimum Gasteiger partial charge on any atom is -0.405 e. The van der Waals surface area contributed by atoms with Crippen molar-refractivity contribution < 1.29 is 9.16 Å². The Bertz CT molecular complexity index is 1210. The number of rotatable bonds is 7. The van der Waals surface area contributed by atoms with Crippen molar-refractivity contribution in [1.29, 1.82) is 0 Å². The van der Waals surface area contributed by atoms with Crippen LogP contribution in [0.25, 0.3) is 0 Å². The molecule has 4 rings (SSSR count). The summed E-state index contributed by atoms with van der Waals surface area (Å²) in [5, 5.41) is 2.34. The molecule has 6 nitrogen and oxygen atoms in total. The molecular weight excluding hydrogens is 456 g/mol. The van der Waals surface area contributed by atoms with E-state index in [1.807, 2.05) is 12.1 Å². The van der Waals surface area contributed by atoms with E-state index >= 15 is 0 Å². The van der Waals surface area contributed by atoms with E-state index in [0.717, 1.165) is 6.42 Å². The first-order valence-electron chi connectivity index (χ1n) is 12.4. The van der Waals surface area contributed by atoms with Crippen molar-refractivity contribution in [3.63, 3.8) is 0 Å². The molecule has 2 heterocycles. The highest BCUT2D eigenvalue weighted by molar-refractivity contribution is 6.99. The van der Waals surface area contributed by atoms with Crippen molar-refractivity contribution in [1.82, 2.24) is 9.55 Å². The van der Waals surface area contributed by atoms with Crippen LogP contribution in [-0.4, -0.2) is 30.6 Å². The van der Waals surface area contributed by atoms with Gasteiger partial charge in [-0.1, -0.05) is 94.8 Å². The smallest absolute Gasteiger partial charge is 0.330 e. The van der Waals surface area contributed by atoms with Gasteiger partial charge in [0.25, 0.3) is 13.9 Å². The van der Waals surface area contributed by atoms with Crippen molar-refractivity contribution in [2.45, 2.75) is 64.8 Å². The second-order valence-electron chi connectivity index (χ2n) is 10.5. The summed E-state index contributed by atoms with van der Waals surface area (Å²) in [5.41, 5.74) is -0.301. The van der Waals surface area contributed by atoms with Gasteiger partial charge in [0.05, 0.1) is 12.7 Å². The van der Waals surface area contributed by atoms with Crippen LogP contribution in [0.2, 0.25) is 5.04 Å². The number of aryl methyl sites for hydroxylation is 1. The van der Waals surface area contributed by atoms with Gasteiger partial charge in [-0.25, -0.2) is 4.79 Å². The van der Waals surface area contributed by atoms with Gasteiger partial charge in [-0.05, 0) is 34.7 Å². The molecule has 2 aromatic carbocycles. The molecule has 3 atom stereocenters. The van der Waals surface area contributed by atoms with Crippen LogP contribution in [0.5, 0.6) is 0 Å². The maximum Gasteiger partial charge on any atom is 0.330 e. The zero-order valence-electron chi connectivity index (χ0n) is 21.3. The Hall–Kier alpha value is -2.74. The summed E-state index contributed by atoms with van der Waals surface area (Å²) >= 11 is 0. The van der Waals surface area contributed by atoms with E-state index in [1.165, 1.54) is 14.9 Å². The van der Waals surface area contributed by atoms with Crippen molar-refractivity contribution in [2.24, 2.45) is 5.92 Å². The van der Waals surface area contributed by atoms with Gasteiger partial charge in [0.1, 0.15) is 6.23 Å². The average molecular weight is 493 g/mol. The van der Waals surface area contributed by atoms with Gasteiger partial charge in [-0.3, -0.25) is 14.3 Å². The maximum absolute atomic E-state index is 12.5. The molecule has 1 aromatic heterocycles. The van der Waals surface area contributed by atoms with Crippen LogP contribution >= 0.6 is 0 Å². The van der Waals surface area contributed by atoms with Gasteiger partial charge >= 0.3 is 5.69 Å². The van der Waals surface area contributed by atoms with Gasteiger partial charge in [0.2, 0.25) is 0 Å². The highest BCUT2D eigenvalue weighted by atomic mass is 28.4.